The summed E-state index contributed by atoms with van der Waals surface area (Å²) in [4.78, 5) is 0. The highest BCUT2D eigenvalue weighted by Crippen LogP contribution is 2.26. The van der Waals surface area contributed by atoms with Gasteiger partial charge in [-0.1, -0.05) is 0 Å². The molecule has 102 valence electrons. The fourth-order valence-electron chi connectivity index (χ4n) is 1.99. The molecular weight excluding hydrogens is 238 g/mol. The molecule has 4 nitrogen and oxygen atoms in total. The minimum absolute atomic E-state index is 0.186. The summed E-state index contributed by atoms with van der Waals surface area (Å²) in [6.07, 6.45) is 1.01. The minimum atomic E-state index is 0.186. The molecule has 0 aliphatic carbocycles. The first-order chi connectivity index (χ1) is 9.10. The maximum atomic E-state index is 5.73. The van der Waals surface area contributed by atoms with Gasteiger partial charge < -0.3 is 10.5 Å². The summed E-state index contributed by atoms with van der Waals surface area (Å²) >= 11 is 0. The third-order valence-corrected chi connectivity index (χ3v) is 2.88. The molecule has 0 radical (unpaired) electrons. The molecule has 1 aromatic heterocycles. The molecule has 0 atom stereocenters. The number of aryl methyl sites for hydroxylation is 1. The Bertz CT molecular complexity index is 546. The van der Waals surface area contributed by atoms with Gasteiger partial charge >= 0.3 is 0 Å². The second kappa shape index (κ2) is 5.89. The molecule has 0 spiro atoms. The van der Waals surface area contributed by atoms with Crippen LogP contribution in [0.1, 0.15) is 25.1 Å². The molecule has 0 saturated carbocycles. The van der Waals surface area contributed by atoms with Gasteiger partial charge in [-0.3, -0.25) is 5.10 Å². The highest BCUT2D eigenvalue weighted by atomic mass is 16.5. The Morgan fingerprint density at radius 2 is 2.11 bits per heavy atom. The van der Waals surface area contributed by atoms with Crippen molar-refractivity contribution in [2.75, 3.05) is 6.54 Å². The molecule has 0 saturated heterocycles. The van der Waals surface area contributed by atoms with Crippen LogP contribution >= 0.6 is 0 Å². The summed E-state index contributed by atoms with van der Waals surface area (Å²) in [7, 11) is 0. The van der Waals surface area contributed by atoms with E-state index in [-0.39, 0.29) is 6.10 Å². The molecule has 0 fully saturated rings. The largest absolute Gasteiger partial charge is 0.491 e. The number of aromatic nitrogens is 2. The SMILES string of the molecule is Cc1cc(-c2cc(CCN)[nH]n2)ccc1OC(C)C. The third-order valence-electron chi connectivity index (χ3n) is 2.88. The molecule has 0 unspecified atom stereocenters. The standard InChI is InChI=1S/C15H21N3O/c1-10(2)19-15-5-4-12(8-11(15)3)14-9-13(6-7-16)17-18-14/h4-5,8-10H,6-7,16H2,1-3H3,(H,17,18). The van der Waals surface area contributed by atoms with Crippen LogP contribution in [0.4, 0.5) is 0 Å². The molecule has 0 amide bonds. The first-order valence-corrected chi connectivity index (χ1v) is 6.62. The van der Waals surface area contributed by atoms with Crippen LogP contribution in [0, 0.1) is 6.92 Å². The molecule has 2 rings (SSSR count). The summed E-state index contributed by atoms with van der Waals surface area (Å²) in [5.74, 6) is 0.927. The smallest absolute Gasteiger partial charge is 0.122 e. The van der Waals surface area contributed by atoms with Crippen molar-refractivity contribution in [3.05, 3.63) is 35.5 Å². The van der Waals surface area contributed by atoms with E-state index in [1.54, 1.807) is 0 Å². The number of nitrogens with two attached hydrogens (primary N) is 1. The summed E-state index contributed by atoms with van der Waals surface area (Å²) in [6.45, 7) is 6.73. The van der Waals surface area contributed by atoms with Crippen LogP contribution in [0.5, 0.6) is 5.75 Å². The fraction of sp³-hybridized carbons (Fsp3) is 0.400. The zero-order valence-corrected chi connectivity index (χ0v) is 11.7. The van der Waals surface area contributed by atoms with Gasteiger partial charge in [0.25, 0.3) is 0 Å². The van der Waals surface area contributed by atoms with Crippen LogP contribution in [-0.2, 0) is 6.42 Å². The van der Waals surface area contributed by atoms with Crippen molar-refractivity contribution in [3.8, 4) is 17.0 Å². The van der Waals surface area contributed by atoms with Gasteiger partial charge in [0.05, 0.1) is 11.8 Å². The summed E-state index contributed by atoms with van der Waals surface area (Å²) < 4.78 is 5.73. The Morgan fingerprint density at radius 1 is 1.32 bits per heavy atom. The van der Waals surface area contributed by atoms with E-state index >= 15 is 0 Å². The second-order valence-corrected chi connectivity index (χ2v) is 4.96. The average molecular weight is 259 g/mol. The van der Waals surface area contributed by atoms with Crippen LogP contribution in [0.25, 0.3) is 11.3 Å². The van der Waals surface area contributed by atoms with Crippen molar-refractivity contribution in [1.29, 1.82) is 0 Å². The highest BCUT2D eigenvalue weighted by Gasteiger charge is 2.07. The zero-order chi connectivity index (χ0) is 13.8. The van der Waals surface area contributed by atoms with Crippen molar-refractivity contribution in [1.82, 2.24) is 10.2 Å². The van der Waals surface area contributed by atoms with E-state index < -0.39 is 0 Å². The van der Waals surface area contributed by atoms with Gasteiger partial charge in [-0.15, -0.1) is 0 Å². The Kier molecular flexibility index (Phi) is 4.22. The van der Waals surface area contributed by atoms with Crippen LogP contribution < -0.4 is 10.5 Å². The van der Waals surface area contributed by atoms with Crippen LogP contribution in [0.2, 0.25) is 0 Å². The topological polar surface area (TPSA) is 63.9 Å². The number of hydrogen-bond donors (Lipinski definition) is 2. The molecular formula is C15H21N3O. The Labute approximate surface area is 114 Å². The Hall–Kier alpha value is -1.81. The molecule has 2 aromatic rings. The fourth-order valence-corrected chi connectivity index (χ4v) is 1.99. The van der Waals surface area contributed by atoms with Gasteiger partial charge in [-0.2, -0.15) is 5.10 Å². The predicted octanol–water partition coefficient (Wildman–Crippen LogP) is 2.67. The number of aromatic amines is 1. The summed E-state index contributed by atoms with van der Waals surface area (Å²) in [6, 6.07) is 8.18. The number of nitrogens with one attached hydrogen (secondary N) is 1. The molecule has 19 heavy (non-hydrogen) atoms. The first kappa shape index (κ1) is 13.6. The number of H-pyrrole nitrogens is 1. The van der Waals surface area contributed by atoms with Crippen LogP contribution in [-0.4, -0.2) is 22.8 Å². The lowest BCUT2D eigenvalue weighted by Gasteiger charge is -2.12. The molecule has 1 aromatic carbocycles. The lowest BCUT2D eigenvalue weighted by atomic mass is 10.1. The number of nitrogens with zero attached hydrogens (tertiary/aromatic N) is 1. The Morgan fingerprint density at radius 3 is 2.74 bits per heavy atom. The van der Waals surface area contributed by atoms with E-state index in [1.807, 2.05) is 32.0 Å². The monoisotopic (exact) mass is 259 g/mol. The number of benzene rings is 1. The van der Waals surface area contributed by atoms with Gasteiger partial charge in [-0.25, -0.2) is 0 Å². The molecule has 3 N–H and O–H groups in total. The van der Waals surface area contributed by atoms with E-state index in [0.717, 1.165) is 34.7 Å². The molecule has 4 heteroatoms. The van der Waals surface area contributed by atoms with Gasteiger partial charge in [-0.05, 0) is 57.1 Å². The van der Waals surface area contributed by atoms with E-state index in [1.165, 1.54) is 0 Å². The molecule has 0 aliphatic rings. The van der Waals surface area contributed by atoms with Crippen molar-refractivity contribution in [2.45, 2.75) is 33.3 Å². The summed E-state index contributed by atoms with van der Waals surface area (Å²) in [5, 5.41) is 7.33. The number of ether oxygens (including phenoxy) is 1. The van der Waals surface area contributed by atoms with Crippen LogP contribution in [0.3, 0.4) is 0 Å². The molecule has 0 bridgehead atoms. The third kappa shape index (κ3) is 3.35. The van der Waals surface area contributed by atoms with Gasteiger partial charge in [0.2, 0.25) is 0 Å². The van der Waals surface area contributed by atoms with E-state index in [2.05, 4.69) is 23.2 Å². The van der Waals surface area contributed by atoms with Crippen molar-refractivity contribution < 1.29 is 4.74 Å². The summed E-state index contributed by atoms with van der Waals surface area (Å²) in [5.41, 5.74) is 9.76. The van der Waals surface area contributed by atoms with Crippen molar-refractivity contribution in [3.63, 3.8) is 0 Å². The highest BCUT2D eigenvalue weighted by molar-refractivity contribution is 5.62. The van der Waals surface area contributed by atoms with Gasteiger partial charge in [0, 0.05) is 17.7 Å². The maximum absolute atomic E-state index is 5.73. The quantitative estimate of drug-likeness (QED) is 0.867. The lowest BCUT2D eigenvalue weighted by molar-refractivity contribution is 0.241. The predicted molar refractivity (Wildman–Crippen MR) is 77.3 cm³/mol. The first-order valence-electron chi connectivity index (χ1n) is 6.62. The van der Waals surface area contributed by atoms with Crippen molar-refractivity contribution in [2.24, 2.45) is 5.73 Å². The number of hydrogen-bond acceptors (Lipinski definition) is 3. The van der Waals surface area contributed by atoms with Gasteiger partial charge in [0.15, 0.2) is 0 Å². The molecule has 1 heterocycles. The normalized spacial score (nSPS) is 11.0. The van der Waals surface area contributed by atoms with E-state index in [0.29, 0.717) is 6.54 Å². The minimum Gasteiger partial charge on any atom is -0.491 e. The van der Waals surface area contributed by atoms with E-state index in [4.69, 9.17) is 10.5 Å². The molecule has 0 aliphatic heterocycles. The lowest BCUT2D eigenvalue weighted by Crippen LogP contribution is -2.06. The average Bonchev–Trinajstić information content (AvgIpc) is 2.80. The van der Waals surface area contributed by atoms with E-state index in [9.17, 15) is 0 Å². The van der Waals surface area contributed by atoms with Crippen LogP contribution in [0.15, 0.2) is 24.3 Å². The maximum Gasteiger partial charge on any atom is 0.122 e. The second-order valence-electron chi connectivity index (χ2n) is 4.96. The van der Waals surface area contributed by atoms with Crippen molar-refractivity contribution >= 4 is 0 Å². The van der Waals surface area contributed by atoms with Gasteiger partial charge in [0.1, 0.15) is 5.75 Å². The zero-order valence-electron chi connectivity index (χ0n) is 11.7. The number of rotatable bonds is 5. The Balaban J connectivity index is 2.22.